The van der Waals surface area contributed by atoms with E-state index in [9.17, 15) is 9.13 Å². The third kappa shape index (κ3) is 8.87. The van der Waals surface area contributed by atoms with E-state index in [2.05, 4.69) is 0 Å². The van der Waals surface area contributed by atoms with Gasteiger partial charge in [-0.25, -0.2) is 4.67 Å². The summed E-state index contributed by atoms with van der Waals surface area (Å²) in [6.07, 6.45) is 0.649. The average Bonchev–Trinajstić information content (AvgIpc) is 3.37. The molecule has 4 N–H and O–H groups in total. The molecule has 2 unspecified atom stereocenters. The maximum atomic E-state index is 15.3. The van der Waals surface area contributed by atoms with Crippen molar-refractivity contribution in [1.82, 2.24) is 4.67 Å². The van der Waals surface area contributed by atoms with E-state index in [-0.39, 0.29) is 0 Å². The van der Waals surface area contributed by atoms with Crippen molar-refractivity contribution in [2.24, 2.45) is 11.5 Å². The summed E-state index contributed by atoms with van der Waals surface area (Å²) in [6, 6.07) is 69.0. The lowest BCUT2D eigenvalue weighted by Crippen LogP contribution is -2.39. The van der Waals surface area contributed by atoms with Crippen LogP contribution in [0.2, 0.25) is 0 Å². The molecule has 11 heteroatoms. The number of benzene rings is 8. The van der Waals surface area contributed by atoms with Crippen LogP contribution in [0.15, 0.2) is 224 Å². The van der Waals surface area contributed by atoms with E-state index in [0.29, 0.717) is 63.4 Å². The maximum Gasteiger partial charge on any atom is 0.349 e. The number of nitrogens with zero attached hydrogens (tertiary/aromatic N) is 1. The van der Waals surface area contributed by atoms with Gasteiger partial charge in [-0.15, -0.1) is 0 Å². The molecule has 0 amide bonds. The van der Waals surface area contributed by atoms with Crippen molar-refractivity contribution < 1.29 is 22.7 Å². The lowest BCUT2D eigenvalue weighted by molar-refractivity contribution is 0.395. The Kier molecular flexibility index (Phi) is 13.5. The van der Waals surface area contributed by atoms with E-state index in [1.54, 1.807) is 36.0 Å². The number of hydrogen-bond donors (Lipinski definition) is 2. The monoisotopic (exact) mass is 901 g/mol. The topological polar surface area (TPSA) is 125 Å². The largest absolute Gasteiger partial charge is 0.437 e. The van der Waals surface area contributed by atoms with Gasteiger partial charge >= 0.3 is 14.9 Å². The van der Waals surface area contributed by atoms with Crippen LogP contribution >= 0.6 is 22.0 Å². The van der Waals surface area contributed by atoms with Crippen molar-refractivity contribution in [1.29, 1.82) is 0 Å². The van der Waals surface area contributed by atoms with Crippen molar-refractivity contribution in [3.05, 3.63) is 241 Å². The molecule has 8 aromatic carbocycles. The molecule has 0 spiro atoms. The van der Waals surface area contributed by atoms with E-state index in [4.69, 9.17) is 20.5 Å². The Morgan fingerprint density at radius 3 is 1.16 bits per heavy atom. The first kappa shape index (κ1) is 44.5. The Labute approximate surface area is 375 Å². The van der Waals surface area contributed by atoms with Crippen LogP contribution in [0.4, 0.5) is 0 Å². The summed E-state index contributed by atoms with van der Waals surface area (Å²) >= 11 is 0. The highest BCUT2D eigenvalue weighted by molar-refractivity contribution is 7.85. The van der Waals surface area contributed by atoms with Gasteiger partial charge in [0.1, 0.15) is 11.5 Å². The average molecular weight is 902 g/mol. The molecule has 0 aliphatic heterocycles. The smallest absolute Gasteiger partial charge is 0.349 e. The van der Waals surface area contributed by atoms with E-state index in [0.717, 1.165) is 16.2 Å². The highest BCUT2D eigenvalue weighted by Crippen LogP contribution is 2.50. The standard InChI is InChI=1S/C53H50N3O5P3/c1-56(41-17-40-54)64(59,52-26-15-6-16-27-52)61-46-36-30-43(31-37-46)53(55,44-32-38-49(39-33-44)62(57,47-18-7-2-8-19-47)48-20-9-3-10-21-48)42-28-34-45(35-29-42)60-63(58,50-22-11-4-12-23-50)51-24-13-5-14-25-51/h2-16,18-39H,17,40-41,54-55H2,1H3. The summed E-state index contributed by atoms with van der Waals surface area (Å²) in [5.41, 5.74) is 14.4. The molecule has 0 aliphatic rings. The molecule has 0 heterocycles. The Bertz CT molecular complexity index is 2820. The van der Waals surface area contributed by atoms with Crippen LogP contribution in [-0.4, -0.2) is 24.8 Å². The highest BCUT2D eigenvalue weighted by atomic mass is 31.2. The number of rotatable bonds is 17. The van der Waals surface area contributed by atoms with Gasteiger partial charge in [-0.05, 0) is 97.4 Å². The molecule has 0 aromatic heterocycles. The van der Waals surface area contributed by atoms with Crippen molar-refractivity contribution in [3.63, 3.8) is 0 Å². The quantitative estimate of drug-likeness (QED) is 0.0686. The first-order valence-corrected chi connectivity index (χ1v) is 26.0. The molecule has 0 saturated carbocycles. The fourth-order valence-electron chi connectivity index (χ4n) is 7.90. The zero-order valence-electron chi connectivity index (χ0n) is 35.5. The summed E-state index contributed by atoms with van der Waals surface area (Å²) < 4.78 is 59.5. The molecule has 64 heavy (non-hydrogen) atoms. The van der Waals surface area contributed by atoms with Crippen LogP contribution < -0.4 is 52.3 Å². The summed E-state index contributed by atoms with van der Waals surface area (Å²) in [4.78, 5) is 0. The van der Waals surface area contributed by atoms with Gasteiger partial charge in [0.25, 0.3) is 0 Å². The van der Waals surface area contributed by atoms with E-state index >= 15 is 4.57 Å². The second kappa shape index (κ2) is 19.4. The predicted molar refractivity (Wildman–Crippen MR) is 264 cm³/mol. The van der Waals surface area contributed by atoms with Crippen molar-refractivity contribution in [3.8, 4) is 11.5 Å². The molecule has 322 valence electrons. The lowest BCUT2D eigenvalue weighted by atomic mass is 9.78. The van der Waals surface area contributed by atoms with Gasteiger partial charge in [-0.2, -0.15) is 0 Å². The van der Waals surface area contributed by atoms with Crippen LogP contribution in [0.25, 0.3) is 0 Å². The van der Waals surface area contributed by atoms with Crippen LogP contribution in [0.3, 0.4) is 0 Å². The van der Waals surface area contributed by atoms with Gasteiger partial charge in [0.2, 0.25) is 0 Å². The van der Waals surface area contributed by atoms with Crippen LogP contribution in [0, 0.1) is 0 Å². The molecule has 8 nitrogen and oxygen atoms in total. The van der Waals surface area contributed by atoms with Gasteiger partial charge in [-0.1, -0.05) is 164 Å². The van der Waals surface area contributed by atoms with Crippen LogP contribution in [0.1, 0.15) is 23.1 Å². The molecular formula is C53H50N3O5P3. The van der Waals surface area contributed by atoms with Gasteiger partial charge in [-0.3, -0.25) is 9.13 Å². The molecule has 8 rings (SSSR count). The molecule has 2 atom stereocenters. The molecule has 0 bridgehead atoms. The van der Waals surface area contributed by atoms with Crippen LogP contribution in [-0.2, 0) is 19.2 Å². The predicted octanol–water partition coefficient (Wildman–Crippen LogP) is 9.06. The van der Waals surface area contributed by atoms with Crippen molar-refractivity contribution >= 4 is 53.9 Å². The minimum atomic E-state index is -3.55. The second-order valence-electron chi connectivity index (χ2n) is 15.5. The van der Waals surface area contributed by atoms with E-state index < -0.39 is 27.6 Å². The third-order valence-electron chi connectivity index (χ3n) is 11.4. The minimum Gasteiger partial charge on any atom is -0.437 e. The van der Waals surface area contributed by atoms with Gasteiger partial charge in [0.05, 0.1) is 21.5 Å². The molecular weight excluding hydrogens is 852 g/mol. The maximum absolute atomic E-state index is 15.3. The fourth-order valence-corrected chi connectivity index (χ4v) is 14.6. The number of hydrogen-bond acceptors (Lipinski definition) is 7. The van der Waals surface area contributed by atoms with E-state index in [1.807, 2.05) is 200 Å². The molecule has 8 aromatic rings. The molecule has 0 fully saturated rings. The zero-order valence-corrected chi connectivity index (χ0v) is 38.2. The third-order valence-corrected chi connectivity index (χ3v) is 19.4. The lowest BCUT2D eigenvalue weighted by Gasteiger charge is -2.33. The molecule has 0 radical (unpaired) electrons. The van der Waals surface area contributed by atoms with Crippen molar-refractivity contribution in [2.75, 3.05) is 20.1 Å². The molecule has 0 saturated heterocycles. The Morgan fingerprint density at radius 1 is 0.438 bits per heavy atom. The highest BCUT2D eigenvalue weighted by Gasteiger charge is 2.37. The van der Waals surface area contributed by atoms with Gasteiger partial charge in [0.15, 0.2) is 7.14 Å². The van der Waals surface area contributed by atoms with Crippen molar-refractivity contribution in [2.45, 2.75) is 12.0 Å². The first-order valence-electron chi connectivity index (χ1n) is 21.1. The SMILES string of the molecule is CN(CCCN)P(=O)(Oc1ccc(C(N)(c2ccc(OP(=O)(c3ccccc3)c3ccccc3)cc2)c2ccc(P(=O)(c3ccccc3)c3ccccc3)cc2)cc1)c1ccccc1. The Balaban J connectivity index is 1.20. The normalized spacial score (nSPS) is 13.7. The second-order valence-corrected chi connectivity index (χ2v) is 23.0. The minimum absolute atomic E-state index is 0.404. The summed E-state index contributed by atoms with van der Waals surface area (Å²) in [6.45, 7) is 0.936. The Morgan fingerprint density at radius 2 is 0.766 bits per heavy atom. The summed E-state index contributed by atoms with van der Waals surface area (Å²) in [7, 11) is -8.59. The van der Waals surface area contributed by atoms with Crippen LogP contribution in [0.5, 0.6) is 11.5 Å². The molecule has 0 aliphatic carbocycles. The first-order chi connectivity index (χ1) is 31.1. The Hall–Kier alpha value is -6.07. The summed E-state index contributed by atoms with van der Waals surface area (Å²) in [5, 5.41) is 3.84. The van der Waals surface area contributed by atoms with E-state index in [1.165, 1.54) is 0 Å². The zero-order chi connectivity index (χ0) is 44.6. The van der Waals surface area contributed by atoms with Gasteiger partial charge in [0, 0.05) is 22.5 Å². The van der Waals surface area contributed by atoms with Gasteiger partial charge < -0.3 is 25.1 Å². The fraction of sp³-hybridized carbons (Fsp3) is 0.0943. The number of nitrogens with two attached hydrogens (primary N) is 2. The summed E-state index contributed by atoms with van der Waals surface area (Å²) in [5.74, 6) is 0.810.